The van der Waals surface area contributed by atoms with Gasteiger partial charge in [-0.2, -0.15) is 0 Å². The molecule has 1 N–H and O–H groups in total. The number of rotatable bonds is 8. The summed E-state index contributed by atoms with van der Waals surface area (Å²) in [7, 11) is 0. The minimum absolute atomic E-state index is 0.171. The van der Waals surface area contributed by atoms with E-state index in [1.54, 1.807) is 0 Å². The third-order valence-electron chi connectivity index (χ3n) is 4.08. The van der Waals surface area contributed by atoms with Crippen LogP contribution in [0.15, 0.2) is 78.9 Å². The summed E-state index contributed by atoms with van der Waals surface area (Å²) in [5.74, 6) is 0.460. The molecule has 0 spiro atoms. The molecular formula is C23H23NO3. The highest BCUT2D eigenvalue weighted by Crippen LogP contribution is 2.25. The van der Waals surface area contributed by atoms with Crippen molar-refractivity contribution in [2.24, 2.45) is 0 Å². The van der Waals surface area contributed by atoms with Gasteiger partial charge < -0.3 is 14.8 Å². The van der Waals surface area contributed by atoms with Gasteiger partial charge >= 0.3 is 0 Å². The Morgan fingerprint density at radius 3 is 2.22 bits per heavy atom. The van der Waals surface area contributed by atoms with E-state index < -0.39 is 0 Å². The molecule has 0 heterocycles. The predicted octanol–water partition coefficient (Wildman–Crippen LogP) is 5.02. The monoisotopic (exact) mass is 361 g/mol. The van der Waals surface area contributed by atoms with Gasteiger partial charge in [0.15, 0.2) is 0 Å². The number of hydrogen-bond donors (Lipinski definition) is 1. The van der Waals surface area contributed by atoms with E-state index in [0.29, 0.717) is 36.8 Å². The van der Waals surface area contributed by atoms with Gasteiger partial charge in [0.2, 0.25) is 0 Å². The summed E-state index contributed by atoms with van der Waals surface area (Å²) in [5.41, 5.74) is 3.44. The van der Waals surface area contributed by atoms with Crippen LogP contribution in [-0.2, 0) is 4.74 Å². The Bertz CT molecular complexity index is 860. The second-order valence-corrected chi connectivity index (χ2v) is 5.94. The van der Waals surface area contributed by atoms with Gasteiger partial charge in [-0.05, 0) is 42.3 Å². The summed E-state index contributed by atoms with van der Waals surface area (Å²) in [6.45, 7) is 3.55. The molecule has 0 saturated carbocycles. The Labute approximate surface area is 159 Å². The molecule has 4 nitrogen and oxygen atoms in total. The van der Waals surface area contributed by atoms with Gasteiger partial charge in [-0.3, -0.25) is 4.79 Å². The van der Waals surface area contributed by atoms with Gasteiger partial charge in [0.25, 0.3) is 5.91 Å². The molecule has 0 unspecified atom stereocenters. The minimum atomic E-state index is -0.171. The summed E-state index contributed by atoms with van der Waals surface area (Å²) >= 11 is 0. The van der Waals surface area contributed by atoms with Crippen molar-refractivity contribution in [1.29, 1.82) is 0 Å². The highest BCUT2D eigenvalue weighted by Gasteiger charge is 2.10. The number of ether oxygens (including phenoxy) is 2. The van der Waals surface area contributed by atoms with Crippen molar-refractivity contribution in [1.82, 2.24) is 0 Å². The van der Waals surface area contributed by atoms with Gasteiger partial charge in [-0.1, -0.05) is 54.6 Å². The minimum Gasteiger partial charge on any atom is -0.489 e. The Morgan fingerprint density at radius 1 is 0.815 bits per heavy atom. The zero-order chi connectivity index (χ0) is 18.9. The highest BCUT2D eigenvalue weighted by molar-refractivity contribution is 6.05. The summed E-state index contributed by atoms with van der Waals surface area (Å²) in [4.78, 5) is 12.6. The van der Waals surface area contributed by atoms with E-state index in [0.717, 1.165) is 11.1 Å². The lowest BCUT2D eigenvalue weighted by atomic mass is 10.0. The summed E-state index contributed by atoms with van der Waals surface area (Å²) in [6, 6.07) is 25.0. The second-order valence-electron chi connectivity index (χ2n) is 5.94. The fraction of sp³-hybridized carbons (Fsp3) is 0.174. The largest absolute Gasteiger partial charge is 0.489 e. The SMILES string of the molecule is CCOCCOc1ccccc1NC(=O)c1ccc(-c2ccccc2)cc1. The maximum absolute atomic E-state index is 12.6. The normalized spacial score (nSPS) is 10.4. The van der Waals surface area contributed by atoms with Crippen LogP contribution < -0.4 is 10.1 Å². The zero-order valence-electron chi connectivity index (χ0n) is 15.4. The summed E-state index contributed by atoms with van der Waals surface area (Å²) < 4.78 is 11.0. The van der Waals surface area contributed by atoms with Crippen LogP contribution in [0.3, 0.4) is 0 Å². The highest BCUT2D eigenvalue weighted by atomic mass is 16.5. The molecule has 3 aromatic carbocycles. The van der Waals surface area contributed by atoms with Crippen LogP contribution in [0.25, 0.3) is 11.1 Å². The predicted molar refractivity (Wildman–Crippen MR) is 108 cm³/mol. The van der Waals surface area contributed by atoms with Gasteiger partial charge in [-0.25, -0.2) is 0 Å². The quantitative estimate of drug-likeness (QED) is 0.573. The first-order valence-corrected chi connectivity index (χ1v) is 9.04. The number of para-hydroxylation sites is 2. The van der Waals surface area contributed by atoms with Crippen LogP contribution in [0.5, 0.6) is 5.75 Å². The number of benzene rings is 3. The van der Waals surface area contributed by atoms with E-state index in [1.807, 2.05) is 85.8 Å². The number of hydrogen-bond acceptors (Lipinski definition) is 3. The molecule has 0 saturated heterocycles. The molecule has 0 aliphatic carbocycles. The van der Waals surface area contributed by atoms with Gasteiger partial charge in [0, 0.05) is 12.2 Å². The first-order valence-electron chi connectivity index (χ1n) is 9.04. The van der Waals surface area contributed by atoms with Crippen LogP contribution in [0, 0.1) is 0 Å². The number of anilines is 1. The number of nitrogens with one attached hydrogen (secondary N) is 1. The lowest BCUT2D eigenvalue weighted by molar-refractivity contribution is 0.102. The number of amides is 1. The molecule has 0 aliphatic rings. The third-order valence-corrected chi connectivity index (χ3v) is 4.08. The van der Waals surface area contributed by atoms with Crippen molar-refractivity contribution in [2.45, 2.75) is 6.92 Å². The van der Waals surface area contributed by atoms with E-state index in [1.165, 1.54) is 0 Å². The fourth-order valence-corrected chi connectivity index (χ4v) is 2.69. The third kappa shape index (κ3) is 5.19. The van der Waals surface area contributed by atoms with Crippen LogP contribution in [0.2, 0.25) is 0 Å². The summed E-state index contributed by atoms with van der Waals surface area (Å²) in [6.07, 6.45) is 0. The summed E-state index contributed by atoms with van der Waals surface area (Å²) in [5, 5.41) is 2.92. The smallest absolute Gasteiger partial charge is 0.255 e. The van der Waals surface area contributed by atoms with Crippen LogP contribution in [0.4, 0.5) is 5.69 Å². The molecule has 4 heteroatoms. The number of carbonyl (C=O) groups excluding carboxylic acids is 1. The molecule has 0 aliphatic heterocycles. The molecule has 0 aromatic heterocycles. The van der Waals surface area contributed by atoms with Crippen LogP contribution >= 0.6 is 0 Å². The van der Waals surface area contributed by atoms with E-state index in [-0.39, 0.29) is 5.91 Å². The first kappa shape index (κ1) is 18.7. The Kier molecular flexibility index (Phi) is 6.61. The molecule has 1 amide bonds. The van der Waals surface area contributed by atoms with Gasteiger partial charge in [-0.15, -0.1) is 0 Å². The van der Waals surface area contributed by atoms with Gasteiger partial charge in [0.1, 0.15) is 12.4 Å². The zero-order valence-corrected chi connectivity index (χ0v) is 15.4. The van der Waals surface area contributed by atoms with Crippen molar-refractivity contribution in [2.75, 3.05) is 25.1 Å². The fourth-order valence-electron chi connectivity index (χ4n) is 2.69. The van der Waals surface area contributed by atoms with Crippen molar-refractivity contribution >= 4 is 11.6 Å². The maximum atomic E-state index is 12.6. The lowest BCUT2D eigenvalue weighted by Gasteiger charge is -2.12. The van der Waals surface area contributed by atoms with Crippen molar-refractivity contribution in [3.63, 3.8) is 0 Å². The van der Waals surface area contributed by atoms with Crippen molar-refractivity contribution in [3.8, 4) is 16.9 Å². The van der Waals surface area contributed by atoms with Crippen molar-refractivity contribution in [3.05, 3.63) is 84.4 Å². The lowest BCUT2D eigenvalue weighted by Crippen LogP contribution is -2.14. The molecule has 0 radical (unpaired) electrons. The standard InChI is InChI=1S/C23H23NO3/c1-2-26-16-17-27-22-11-7-6-10-21(22)24-23(25)20-14-12-19(13-15-20)18-8-4-3-5-9-18/h3-15H,2,16-17H2,1H3,(H,24,25). The molecule has 0 atom stereocenters. The number of carbonyl (C=O) groups is 1. The Balaban J connectivity index is 1.67. The second kappa shape index (κ2) is 9.55. The topological polar surface area (TPSA) is 47.6 Å². The molecule has 3 rings (SSSR count). The van der Waals surface area contributed by atoms with E-state index in [9.17, 15) is 4.79 Å². The van der Waals surface area contributed by atoms with E-state index in [4.69, 9.17) is 9.47 Å². The molecular weight excluding hydrogens is 338 g/mol. The van der Waals surface area contributed by atoms with Gasteiger partial charge in [0.05, 0.1) is 12.3 Å². The first-order chi connectivity index (χ1) is 13.3. The van der Waals surface area contributed by atoms with E-state index in [2.05, 4.69) is 5.32 Å². The Hall–Kier alpha value is -3.11. The average Bonchev–Trinajstić information content (AvgIpc) is 2.73. The van der Waals surface area contributed by atoms with Crippen LogP contribution in [-0.4, -0.2) is 25.7 Å². The maximum Gasteiger partial charge on any atom is 0.255 e. The Morgan fingerprint density at radius 2 is 1.48 bits per heavy atom. The molecule has 27 heavy (non-hydrogen) atoms. The average molecular weight is 361 g/mol. The molecule has 3 aromatic rings. The van der Waals surface area contributed by atoms with E-state index >= 15 is 0 Å². The molecule has 0 bridgehead atoms. The molecule has 138 valence electrons. The van der Waals surface area contributed by atoms with Crippen molar-refractivity contribution < 1.29 is 14.3 Å². The molecule has 0 fully saturated rings. The van der Waals surface area contributed by atoms with Crippen LogP contribution in [0.1, 0.15) is 17.3 Å².